The van der Waals surface area contributed by atoms with Crippen molar-refractivity contribution in [3.8, 4) is 0 Å². The van der Waals surface area contributed by atoms with Crippen LogP contribution in [0.1, 0.15) is 21.1 Å². The first-order valence-corrected chi connectivity index (χ1v) is 9.99. The molecule has 9 nitrogen and oxygen atoms in total. The van der Waals surface area contributed by atoms with Crippen LogP contribution in [0.3, 0.4) is 0 Å². The van der Waals surface area contributed by atoms with Gasteiger partial charge in [-0.1, -0.05) is 17.4 Å². The van der Waals surface area contributed by atoms with Gasteiger partial charge in [0, 0.05) is 18.6 Å². The normalized spacial score (nSPS) is 10.9. The maximum Gasteiger partial charge on any atom is 0.293 e. The van der Waals surface area contributed by atoms with E-state index in [-0.39, 0.29) is 23.2 Å². The van der Waals surface area contributed by atoms with Gasteiger partial charge in [0.05, 0.1) is 24.6 Å². The molecule has 11 heteroatoms. The van der Waals surface area contributed by atoms with Crippen molar-refractivity contribution in [1.29, 1.82) is 0 Å². The van der Waals surface area contributed by atoms with Crippen molar-refractivity contribution < 1.29 is 14.0 Å². The Morgan fingerprint density at radius 3 is 2.83 bits per heavy atom. The Morgan fingerprint density at radius 1 is 1.31 bits per heavy atom. The minimum Gasteiger partial charge on any atom is -0.459 e. The third-order valence-electron chi connectivity index (χ3n) is 3.60. The fraction of sp³-hybridized carbons (Fsp3) is 0.167. The minimum atomic E-state index is -0.432. The van der Waals surface area contributed by atoms with E-state index in [0.29, 0.717) is 5.01 Å². The molecule has 0 saturated heterocycles. The van der Waals surface area contributed by atoms with Gasteiger partial charge in [0.25, 0.3) is 5.91 Å². The van der Waals surface area contributed by atoms with Crippen molar-refractivity contribution >= 4 is 56.1 Å². The summed E-state index contributed by atoms with van der Waals surface area (Å²) in [5, 5.41) is 15.0. The predicted molar refractivity (Wildman–Crippen MR) is 114 cm³/mol. The van der Waals surface area contributed by atoms with Gasteiger partial charge in [-0.05, 0) is 45.8 Å². The van der Waals surface area contributed by atoms with Crippen LogP contribution in [0, 0.1) is 0 Å². The number of carbonyl (C=O) groups is 2. The van der Waals surface area contributed by atoms with Crippen LogP contribution in [-0.2, 0) is 11.2 Å². The molecule has 2 heterocycles. The topological polar surface area (TPSA) is 113 Å². The lowest BCUT2D eigenvalue weighted by Gasteiger charge is -2.14. The molecule has 3 aromatic rings. The Labute approximate surface area is 178 Å². The molecule has 150 valence electrons. The molecule has 2 aromatic heterocycles. The number of hydrogen-bond acceptors (Lipinski definition) is 8. The zero-order chi connectivity index (χ0) is 20.8. The van der Waals surface area contributed by atoms with E-state index in [4.69, 9.17) is 4.42 Å². The van der Waals surface area contributed by atoms with Crippen LogP contribution < -0.4 is 15.6 Å². The molecule has 0 fully saturated rings. The molecule has 0 atom stereocenters. The quantitative estimate of drug-likeness (QED) is 0.400. The number of hydrazone groups is 1. The molecule has 0 saturated carbocycles. The van der Waals surface area contributed by atoms with Gasteiger partial charge in [0.1, 0.15) is 5.01 Å². The van der Waals surface area contributed by atoms with E-state index in [1.165, 1.54) is 12.3 Å². The highest BCUT2D eigenvalue weighted by atomic mass is 79.9. The summed E-state index contributed by atoms with van der Waals surface area (Å²) in [6.07, 6.45) is 2.95. The third-order valence-corrected chi connectivity index (χ3v) is 5.07. The van der Waals surface area contributed by atoms with Crippen molar-refractivity contribution in [3.63, 3.8) is 0 Å². The van der Waals surface area contributed by atoms with E-state index in [1.807, 2.05) is 37.2 Å². The lowest BCUT2D eigenvalue weighted by atomic mass is 10.2. The smallest absolute Gasteiger partial charge is 0.293 e. The van der Waals surface area contributed by atoms with E-state index >= 15 is 0 Å². The van der Waals surface area contributed by atoms with Crippen LogP contribution in [0.5, 0.6) is 0 Å². The van der Waals surface area contributed by atoms with Crippen molar-refractivity contribution in [1.82, 2.24) is 15.6 Å². The Kier molecular flexibility index (Phi) is 6.73. The summed E-state index contributed by atoms with van der Waals surface area (Å²) in [5.41, 5.74) is 4.32. The van der Waals surface area contributed by atoms with Crippen molar-refractivity contribution in [2.75, 3.05) is 24.3 Å². The highest BCUT2D eigenvalue weighted by molar-refractivity contribution is 9.10. The molecule has 3 rings (SSSR count). The average molecular weight is 477 g/mol. The number of halogens is 1. The molecule has 0 radical (unpaired) electrons. The molecule has 0 bridgehead atoms. The maximum absolute atomic E-state index is 12.0. The standard InChI is InChI=1S/C18H17BrN6O3S/c1-25(2)13-6-5-11(8-12(13)19)10-20-22-15(26)9-16-23-24-18(29-16)21-17(27)14-4-3-7-28-14/h3-8,10H,9H2,1-2H3,(H,22,26)(H,21,24,27). The Balaban J connectivity index is 1.51. The van der Waals surface area contributed by atoms with Gasteiger partial charge in [-0.2, -0.15) is 5.10 Å². The molecule has 0 spiro atoms. The SMILES string of the molecule is CN(C)c1ccc(C=NNC(=O)Cc2nnc(NC(=O)c3ccco3)s2)cc1Br. The lowest BCUT2D eigenvalue weighted by molar-refractivity contribution is -0.120. The zero-order valence-corrected chi connectivity index (χ0v) is 18.0. The van der Waals surface area contributed by atoms with E-state index in [2.05, 4.69) is 42.0 Å². The maximum atomic E-state index is 12.0. The summed E-state index contributed by atoms with van der Waals surface area (Å²) in [6, 6.07) is 8.90. The number of carbonyl (C=O) groups excluding carboxylic acids is 2. The van der Waals surface area contributed by atoms with Crippen molar-refractivity contribution in [2.24, 2.45) is 5.10 Å². The number of anilines is 2. The first kappa shape index (κ1) is 20.7. The number of furan rings is 1. The van der Waals surface area contributed by atoms with Gasteiger partial charge in [-0.15, -0.1) is 10.2 Å². The largest absolute Gasteiger partial charge is 0.459 e. The summed E-state index contributed by atoms with van der Waals surface area (Å²) in [6.45, 7) is 0. The Morgan fingerprint density at radius 2 is 2.14 bits per heavy atom. The van der Waals surface area contributed by atoms with Crippen LogP contribution in [0.15, 0.2) is 50.6 Å². The van der Waals surface area contributed by atoms with Crippen molar-refractivity contribution in [3.05, 3.63) is 57.4 Å². The molecule has 0 aliphatic rings. The van der Waals surface area contributed by atoms with Gasteiger partial charge >= 0.3 is 0 Å². The number of amides is 2. The van der Waals surface area contributed by atoms with Crippen LogP contribution in [0.25, 0.3) is 0 Å². The molecule has 0 aliphatic carbocycles. The van der Waals surface area contributed by atoms with Gasteiger partial charge in [0.2, 0.25) is 11.0 Å². The summed E-state index contributed by atoms with van der Waals surface area (Å²) < 4.78 is 5.93. The summed E-state index contributed by atoms with van der Waals surface area (Å²) in [4.78, 5) is 25.9. The second kappa shape index (κ2) is 9.43. The molecule has 2 N–H and O–H groups in total. The number of rotatable bonds is 7. The first-order valence-electron chi connectivity index (χ1n) is 8.38. The molecular weight excluding hydrogens is 460 g/mol. The van der Waals surface area contributed by atoms with E-state index in [1.54, 1.807) is 12.3 Å². The summed E-state index contributed by atoms with van der Waals surface area (Å²) >= 11 is 4.61. The van der Waals surface area contributed by atoms with E-state index in [0.717, 1.165) is 27.1 Å². The molecule has 29 heavy (non-hydrogen) atoms. The Bertz CT molecular complexity index is 1030. The van der Waals surface area contributed by atoms with Crippen LogP contribution >= 0.6 is 27.3 Å². The summed E-state index contributed by atoms with van der Waals surface area (Å²) in [7, 11) is 3.91. The average Bonchev–Trinajstić information content (AvgIpc) is 3.33. The van der Waals surface area contributed by atoms with Crippen LogP contribution in [0.4, 0.5) is 10.8 Å². The molecule has 0 unspecified atom stereocenters. The van der Waals surface area contributed by atoms with Crippen molar-refractivity contribution in [2.45, 2.75) is 6.42 Å². The number of hydrogen-bond donors (Lipinski definition) is 2. The monoisotopic (exact) mass is 476 g/mol. The van der Waals surface area contributed by atoms with Gasteiger partial charge in [0.15, 0.2) is 5.76 Å². The second-order valence-corrected chi connectivity index (χ2v) is 7.92. The number of nitrogens with zero attached hydrogens (tertiary/aromatic N) is 4. The van der Waals surface area contributed by atoms with Gasteiger partial charge in [-0.25, -0.2) is 5.43 Å². The molecule has 1 aromatic carbocycles. The lowest BCUT2D eigenvalue weighted by Crippen LogP contribution is -2.19. The van der Waals surface area contributed by atoms with Gasteiger partial charge < -0.3 is 9.32 Å². The fourth-order valence-electron chi connectivity index (χ4n) is 2.26. The van der Waals surface area contributed by atoms with E-state index < -0.39 is 5.91 Å². The summed E-state index contributed by atoms with van der Waals surface area (Å²) in [5.74, 6) is -0.609. The Hall–Kier alpha value is -3.05. The second-order valence-electron chi connectivity index (χ2n) is 6.01. The minimum absolute atomic E-state index is 0.00507. The molecule has 0 aliphatic heterocycles. The van der Waals surface area contributed by atoms with Crippen LogP contribution in [-0.4, -0.2) is 42.3 Å². The predicted octanol–water partition coefficient (Wildman–Crippen LogP) is 2.90. The first-order chi connectivity index (χ1) is 13.9. The van der Waals surface area contributed by atoms with Gasteiger partial charge in [-0.3, -0.25) is 14.9 Å². The van der Waals surface area contributed by atoms with Crippen LogP contribution in [0.2, 0.25) is 0 Å². The number of nitrogens with one attached hydrogen (secondary N) is 2. The highest BCUT2D eigenvalue weighted by Crippen LogP contribution is 2.25. The molecule has 2 amide bonds. The van der Waals surface area contributed by atoms with E-state index in [9.17, 15) is 9.59 Å². The zero-order valence-electron chi connectivity index (χ0n) is 15.5. The fourth-order valence-corrected chi connectivity index (χ4v) is 3.75. The third kappa shape index (κ3) is 5.72. The molecular formula is C18H17BrN6O3S. The highest BCUT2D eigenvalue weighted by Gasteiger charge is 2.13. The number of benzene rings is 1. The number of aromatic nitrogens is 2.